The van der Waals surface area contributed by atoms with Crippen molar-refractivity contribution in [2.45, 2.75) is 37.2 Å². The third-order valence-electron chi connectivity index (χ3n) is 5.26. The molecule has 4 rings (SSSR count). The first kappa shape index (κ1) is 15.1. The van der Waals surface area contributed by atoms with Gasteiger partial charge in [-0.3, -0.25) is 9.48 Å². The average molecular weight is 339 g/mol. The van der Waals surface area contributed by atoms with Crippen molar-refractivity contribution in [3.63, 3.8) is 0 Å². The summed E-state index contributed by atoms with van der Waals surface area (Å²) in [7, 11) is -3.26. The molecule has 3 fully saturated rings. The summed E-state index contributed by atoms with van der Waals surface area (Å²) in [6.45, 7) is 3.25. The first-order chi connectivity index (χ1) is 10.8. The first-order valence-corrected chi connectivity index (χ1v) is 9.66. The Hall–Kier alpha value is -1.41. The maximum atomic E-state index is 12.6. The number of hydrogen-bond donors (Lipinski definition) is 0. The highest BCUT2D eigenvalue weighted by atomic mass is 32.2. The predicted octanol–water partition coefficient (Wildman–Crippen LogP) is 0.0778. The molecule has 0 unspecified atom stereocenters. The molecule has 1 aromatic rings. The highest BCUT2D eigenvalue weighted by molar-refractivity contribution is 7.92. The summed E-state index contributed by atoms with van der Waals surface area (Å²) >= 11 is 0. The second-order valence-corrected chi connectivity index (χ2v) is 9.65. The largest absolute Gasteiger partial charge is 0.369 e. The minimum Gasteiger partial charge on any atom is -0.369 e. The lowest BCUT2D eigenvalue weighted by Crippen LogP contribution is -2.71. The Labute approximate surface area is 135 Å². The van der Waals surface area contributed by atoms with Crippen LogP contribution in [0, 0.1) is 5.41 Å². The molecule has 7 nitrogen and oxygen atoms in total. The van der Waals surface area contributed by atoms with E-state index in [0.29, 0.717) is 19.6 Å². The number of aromatic nitrogens is 2. The predicted molar refractivity (Wildman–Crippen MR) is 82.4 cm³/mol. The SMILES string of the molecule is CC1(C(=O)N2CC3(C2)CS(=O)(=O)[C@@H](Cn2cccn2)CO3)CC1. The van der Waals surface area contributed by atoms with E-state index in [9.17, 15) is 13.2 Å². The molecule has 0 bridgehead atoms. The van der Waals surface area contributed by atoms with Crippen LogP contribution in [0.5, 0.6) is 0 Å². The minimum atomic E-state index is -3.26. The minimum absolute atomic E-state index is 0.00751. The fraction of sp³-hybridized carbons (Fsp3) is 0.733. The fourth-order valence-electron chi connectivity index (χ4n) is 3.44. The van der Waals surface area contributed by atoms with Crippen LogP contribution in [0.15, 0.2) is 18.5 Å². The van der Waals surface area contributed by atoms with Gasteiger partial charge in [0.25, 0.3) is 0 Å². The number of amides is 1. The molecule has 1 amide bonds. The molecule has 0 radical (unpaired) electrons. The van der Waals surface area contributed by atoms with Crippen LogP contribution in [0.25, 0.3) is 0 Å². The smallest absolute Gasteiger partial charge is 0.228 e. The summed E-state index contributed by atoms with van der Waals surface area (Å²) in [4.78, 5) is 14.0. The summed E-state index contributed by atoms with van der Waals surface area (Å²) in [5.41, 5.74) is -0.905. The summed E-state index contributed by atoms with van der Waals surface area (Å²) in [5, 5.41) is 3.49. The molecule has 23 heavy (non-hydrogen) atoms. The number of sulfone groups is 1. The average Bonchev–Trinajstić information content (AvgIpc) is 2.99. The zero-order valence-corrected chi connectivity index (χ0v) is 14.0. The van der Waals surface area contributed by atoms with Gasteiger partial charge < -0.3 is 9.64 Å². The van der Waals surface area contributed by atoms with Gasteiger partial charge in [0, 0.05) is 17.8 Å². The molecule has 8 heteroatoms. The van der Waals surface area contributed by atoms with Gasteiger partial charge in [0.05, 0.1) is 32.0 Å². The van der Waals surface area contributed by atoms with Crippen molar-refractivity contribution in [3.05, 3.63) is 18.5 Å². The number of carbonyl (C=O) groups excluding carboxylic acids is 1. The number of likely N-dealkylation sites (tertiary alicyclic amines) is 1. The van der Waals surface area contributed by atoms with Crippen LogP contribution in [0.4, 0.5) is 0 Å². The van der Waals surface area contributed by atoms with E-state index in [-0.39, 0.29) is 23.7 Å². The quantitative estimate of drug-likeness (QED) is 0.779. The lowest BCUT2D eigenvalue weighted by Gasteiger charge is -2.52. The second-order valence-electron chi connectivity index (χ2n) is 7.37. The normalized spacial score (nSPS) is 30.0. The van der Waals surface area contributed by atoms with Crippen LogP contribution in [0.1, 0.15) is 19.8 Å². The van der Waals surface area contributed by atoms with Crippen molar-refractivity contribution in [2.75, 3.05) is 25.4 Å². The maximum absolute atomic E-state index is 12.6. The highest BCUT2D eigenvalue weighted by Gasteiger charge is 2.57. The van der Waals surface area contributed by atoms with Crippen LogP contribution in [-0.4, -0.2) is 65.3 Å². The van der Waals surface area contributed by atoms with Gasteiger partial charge in [-0.2, -0.15) is 5.10 Å². The summed E-state index contributed by atoms with van der Waals surface area (Å²) in [6, 6.07) is 1.77. The van der Waals surface area contributed by atoms with E-state index in [1.54, 1.807) is 28.0 Å². The van der Waals surface area contributed by atoms with Gasteiger partial charge in [-0.25, -0.2) is 8.42 Å². The number of rotatable bonds is 3. The van der Waals surface area contributed by atoms with Crippen LogP contribution >= 0.6 is 0 Å². The van der Waals surface area contributed by atoms with E-state index in [2.05, 4.69) is 5.10 Å². The zero-order chi connectivity index (χ0) is 16.3. The molecule has 126 valence electrons. The first-order valence-electron chi connectivity index (χ1n) is 7.94. The van der Waals surface area contributed by atoms with E-state index in [1.807, 2.05) is 6.92 Å². The molecule has 1 aromatic heterocycles. The second kappa shape index (κ2) is 4.80. The Balaban J connectivity index is 1.40. The molecular formula is C15H21N3O4S. The van der Waals surface area contributed by atoms with Gasteiger partial charge in [-0.15, -0.1) is 0 Å². The number of hydrogen-bond acceptors (Lipinski definition) is 5. The van der Waals surface area contributed by atoms with Crippen molar-refractivity contribution < 1.29 is 17.9 Å². The topological polar surface area (TPSA) is 81.5 Å². The van der Waals surface area contributed by atoms with Crippen LogP contribution in [0.3, 0.4) is 0 Å². The van der Waals surface area contributed by atoms with Crippen molar-refractivity contribution in [1.29, 1.82) is 0 Å². The van der Waals surface area contributed by atoms with E-state index < -0.39 is 20.7 Å². The Morgan fingerprint density at radius 3 is 2.70 bits per heavy atom. The molecule has 0 N–H and O–H groups in total. The molecule has 1 saturated carbocycles. The fourth-order valence-corrected chi connectivity index (χ4v) is 5.33. The summed E-state index contributed by atoms with van der Waals surface area (Å²) in [6.07, 6.45) is 5.24. The third-order valence-corrected chi connectivity index (χ3v) is 7.49. The Morgan fingerprint density at radius 1 is 1.39 bits per heavy atom. The molecule has 0 aromatic carbocycles. The number of nitrogens with zero attached hydrogens (tertiary/aromatic N) is 3. The Kier molecular flexibility index (Phi) is 3.16. The van der Waals surface area contributed by atoms with Gasteiger partial charge in [0.2, 0.25) is 5.91 Å². The van der Waals surface area contributed by atoms with Gasteiger partial charge >= 0.3 is 0 Å². The molecule has 1 atom stereocenters. The van der Waals surface area contributed by atoms with Crippen LogP contribution in [-0.2, 0) is 25.9 Å². The monoisotopic (exact) mass is 339 g/mol. The van der Waals surface area contributed by atoms with E-state index in [4.69, 9.17) is 4.74 Å². The number of carbonyl (C=O) groups is 1. The molecule has 1 aliphatic carbocycles. The van der Waals surface area contributed by atoms with Crippen molar-refractivity contribution >= 4 is 15.7 Å². The highest BCUT2D eigenvalue weighted by Crippen LogP contribution is 2.48. The van der Waals surface area contributed by atoms with Gasteiger partial charge in [-0.1, -0.05) is 6.92 Å². The van der Waals surface area contributed by atoms with E-state index in [1.165, 1.54) is 0 Å². The summed E-state index contributed by atoms with van der Waals surface area (Å²) in [5.74, 6) is 0.134. The molecule has 3 aliphatic rings. The van der Waals surface area contributed by atoms with Crippen molar-refractivity contribution in [3.8, 4) is 0 Å². The van der Waals surface area contributed by atoms with Crippen LogP contribution < -0.4 is 0 Å². The van der Waals surface area contributed by atoms with E-state index >= 15 is 0 Å². The van der Waals surface area contributed by atoms with E-state index in [0.717, 1.165) is 12.8 Å². The molecule has 2 saturated heterocycles. The van der Waals surface area contributed by atoms with Crippen molar-refractivity contribution in [2.24, 2.45) is 5.41 Å². The van der Waals surface area contributed by atoms with Gasteiger partial charge in [0.1, 0.15) is 10.9 Å². The van der Waals surface area contributed by atoms with Crippen molar-refractivity contribution in [1.82, 2.24) is 14.7 Å². The standard InChI is InChI=1S/C15H21N3O4S/c1-14(3-4-14)13(19)17-9-15(10-17)11-23(20,21)12(8-22-15)7-18-6-2-5-16-18/h2,5-6,12H,3-4,7-11H2,1H3/t12-/m0/s1. The van der Waals surface area contributed by atoms with Gasteiger partial charge in [-0.05, 0) is 18.9 Å². The van der Waals surface area contributed by atoms with Gasteiger partial charge in [0.15, 0.2) is 9.84 Å². The maximum Gasteiger partial charge on any atom is 0.228 e. The lowest BCUT2D eigenvalue weighted by molar-refractivity contribution is -0.169. The lowest BCUT2D eigenvalue weighted by atomic mass is 9.93. The molecule has 3 heterocycles. The van der Waals surface area contributed by atoms with Crippen LogP contribution in [0.2, 0.25) is 0 Å². The molecule has 1 spiro atoms. The summed E-state index contributed by atoms with van der Waals surface area (Å²) < 4.78 is 32.7. The zero-order valence-electron chi connectivity index (χ0n) is 13.1. The third kappa shape index (κ3) is 2.57. The Bertz CT molecular complexity index is 718. The molecule has 2 aliphatic heterocycles. The molecular weight excluding hydrogens is 318 g/mol. The Morgan fingerprint density at radius 2 is 2.13 bits per heavy atom. The number of ether oxygens (including phenoxy) is 1.